The molecule has 0 amide bonds. The van der Waals surface area contributed by atoms with Gasteiger partial charge in [-0.2, -0.15) is 11.3 Å². The number of aromatic nitrogens is 2. The molecule has 0 aliphatic heterocycles. The van der Waals surface area contributed by atoms with Gasteiger partial charge in [0.1, 0.15) is 0 Å². The SMILES string of the molecule is Cn1ccnc(NCCc2ccsc2)c1=O. The number of nitrogens with one attached hydrogen (secondary N) is 1. The van der Waals surface area contributed by atoms with Crippen LogP contribution in [0.2, 0.25) is 0 Å². The molecule has 2 aromatic rings. The second kappa shape index (κ2) is 4.94. The maximum absolute atomic E-state index is 11.6. The first-order valence-corrected chi connectivity index (χ1v) is 5.98. The first-order chi connectivity index (χ1) is 7.77. The number of anilines is 1. The lowest BCUT2D eigenvalue weighted by molar-refractivity contribution is 0.837. The smallest absolute Gasteiger partial charge is 0.293 e. The van der Waals surface area contributed by atoms with Crippen LogP contribution in [0.25, 0.3) is 0 Å². The average Bonchev–Trinajstić information content (AvgIpc) is 2.77. The minimum atomic E-state index is -0.0900. The Balaban J connectivity index is 1.95. The van der Waals surface area contributed by atoms with Crippen LogP contribution in [-0.4, -0.2) is 16.1 Å². The first-order valence-electron chi connectivity index (χ1n) is 5.04. The fraction of sp³-hybridized carbons (Fsp3) is 0.273. The maximum Gasteiger partial charge on any atom is 0.293 e. The first kappa shape index (κ1) is 10.9. The van der Waals surface area contributed by atoms with Gasteiger partial charge in [-0.3, -0.25) is 4.79 Å². The highest BCUT2D eigenvalue weighted by Gasteiger charge is 2.01. The Bertz CT molecular complexity index is 504. The molecule has 0 saturated heterocycles. The van der Waals surface area contributed by atoms with Crippen molar-refractivity contribution in [2.75, 3.05) is 11.9 Å². The van der Waals surface area contributed by atoms with Gasteiger partial charge in [0.2, 0.25) is 0 Å². The molecule has 0 unspecified atom stereocenters. The molecule has 0 fully saturated rings. The van der Waals surface area contributed by atoms with Crippen LogP contribution in [0.3, 0.4) is 0 Å². The number of hydrogen-bond donors (Lipinski definition) is 1. The van der Waals surface area contributed by atoms with E-state index in [9.17, 15) is 4.79 Å². The molecule has 4 nitrogen and oxygen atoms in total. The van der Waals surface area contributed by atoms with E-state index in [1.807, 2.05) is 0 Å². The second-order valence-corrected chi connectivity index (χ2v) is 4.28. The topological polar surface area (TPSA) is 46.9 Å². The predicted molar refractivity (Wildman–Crippen MR) is 66.0 cm³/mol. The molecule has 0 aromatic carbocycles. The quantitative estimate of drug-likeness (QED) is 0.873. The predicted octanol–water partition coefficient (Wildman–Crippen LogP) is 1.50. The van der Waals surface area contributed by atoms with Crippen molar-refractivity contribution in [3.8, 4) is 0 Å². The highest BCUT2D eigenvalue weighted by atomic mass is 32.1. The summed E-state index contributed by atoms with van der Waals surface area (Å²) in [6.45, 7) is 0.725. The van der Waals surface area contributed by atoms with Gasteiger partial charge in [0.25, 0.3) is 5.56 Å². The van der Waals surface area contributed by atoms with Crippen LogP contribution >= 0.6 is 11.3 Å². The lowest BCUT2D eigenvalue weighted by atomic mass is 10.2. The summed E-state index contributed by atoms with van der Waals surface area (Å²) in [5.41, 5.74) is 1.19. The van der Waals surface area contributed by atoms with Gasteiger partial charge in [-0.15, -0.1) is 0 Å². The number of aryl methyl sites for hydroxylation is 1. The van der Waals surface area contributed by atoms with Crippen molar-refractivity contribution in [1.82, 2.24) is 9.55 Å². The van der Waals surface area contributed by atoms with Gasteiger partial charge in [-0.05, 0) is 28.8 Å². The molecule has 2 rings (SSSR count). The fourth-order valence-electron chi connectivity index (χ4n) is 1.38. The van der Waals surface area contributed by atoms with Gasteiger partial charge in [0.15, 0.2) is 5.82 Å². The molecule has 0 spiro atoms. The Morgan fingerprint density at radius 3 is 3.19 bits per heavy atom. The van der Waals surface area contributed by atoms with Crippen LogP contribution in [-0.2, 0) is 13.5 Å². The Morgan fingerprint density at radius 2 is 2.44 bits per heavy atom. The minimum Gasteiger partial charge on any atom is -0.365 e. The lowest BCUT2D eigenvalue weighted by Gasteiger charge is -2.04. The molecule has 0 saturated carbocycles. The lowest BCUT2D eigenvalue weighted by Crippen LogP contribution is -2.22. The molecule has 84 valence electrons. The standard InChI is InChI=1S/C11H13N3OS/c1-14-6-5-13-10(11(14)15)12-4-2-9-3-7-16-8-9/h3,5-8H,2,4H2,1H3,(H,12,13). The molecular formula is C11H13N3OS. The van der Waals surface area contributed by atoms with Crippen molar-refractivity contribution >= 4 is 17.2 Å². The van der Waals surface area contributed by atoms with Crippen LogP contribution in [0.1, 0.15) is 5.56 Å². The molecule has 0 aliphatic carbocycles. The Morgan fingerprint density at radius 1 is 1.56 bits per heavy atom. The van der Waals surface area contributed by atoms with E-state index in [0.717, 1.165) is 13.0 Å². The summed E-state index contributed by atoms with van der Waals surface area (Å²) >= 11 is 1.68. The van der Waals surface area contributed by atoms with Gasteiger partial charge < -0.3 is 9.88 Å². The van der Waals surface area contributed by atoms with Crippen molar-refractivity contribution in [2.24, 2.45) is 7.05 Å². The van der Waals surface area contributed by atoms with Crippen LogP contribution in [0.4, 0.5) is 5.82 Å². The van der Waals surface area contributed by atoms with E-state index in [-0.39, 0.29) is 5.56 Å². The molecule has 0 atom stereocenters. The Kier molecular flexibility index (Phi) is 3.36. The molecule has 2 aromatic heterocycles. The summed E-state index contributed by atoms with van der Waals surface area (Å²) < 4.78 is 1.51. The monoisotopic (exact) mass is 235 g/mol. The van der Waals surface area contributed by atoms with Crippen molar-refractivity contribution in [3.63, 3.8) is 0 Å². The number of nitrogens with zero attached hydrogens (tertiary/aromatic N) is 2. The fourth-order valence-corrected chi connectivity index (χ4v) is 2.08. The van der Waals surface area contributed by atoms with E-state index in [2.05, 4.69) is 27.1 Å². The van der Waals surface area contributed by atoms with E-state index < -0.39 is 0 Å². The third-order valence-corrected chi connectivity index (χ3v) is 3.04. The number of thiophene rings is 1. The summed E-state index contributed by atoms with van der Waals surface area (Å²) in [5, 5.41) is 7.21. The van der Waals surface area contributed by atoms with Crippen LogP contribution < -0.4 is 10.9 Å². The average molecular weight is 235 g/mol. The molecule has 0 aliphatic rings. The third kappa shape index (κ3) is 2.49. The summed E-state index contributed by atoms with van der Waals surface area (Å²) in [5.74, 6) is 0.417. The van der Waals surface area contributed by atoms with E-state index >= 15 is 0 Å². The zero-order valence-corrected chi connectivity index (χ0v) is 9.83. The summed E-state index contributed by atoms with van der Waals surface area (Å²) in [6, 6.07) is 2.09. The van der Waals surface area contributed by atoms with Crippen LogP contribution in [0, 0.1) is 0 Å². The van der Waals surface area contributed by atoms with Gasteiger partial charge in [0.05, 0.1) is 0 Å². The Hall–Kier alpha value is -1.62. The normalized spacial score (nSPS) is 10.3. The largest absolute Gasteiger partial charge is 0.365 e. The summed E-state index contributed by atoms with van der Waals surface area (Å²) in [4.78, 5) is 15.6. The molecule has 5 heteroatoms. The summed E-state index contributed by atoms with van der Waals surface area (Å²) in [6.07, 6.45) is 4.17. The number of rotatable bonds is 4. The zero-order chi connectivity index (χ0) is 11.4. The second-order valence-electron chi connectivity index (χ2n) is 3.50. The molecule has 2 heterocycles. The molecule has 0 bridgehead atoms. The molecule has 1 N–H and O–H groups in total. The van der Waals surface area contributed by atoms with Crippen molar-refractivity contribution in [1.29, 1.82) is 0 Å². The number of hydrogen-bond acceptors (Lipinski definition) is 4. The van der Waals surface area contributed by atoms with E-state index in [4.69, 9.17) is 0 Å². The Labute approximate surface area is 97.6 Å². The maximum atomic E-state index is 11.6. The van der Waals surface area contributed by atoms with Crippen LogP contribution in [0.15, 0.2) is 34.0 Å². The highest BCUT2D eigenvalue weighted by Crippen LogP contribution is 2.06. The molecule has 0 radical (unpaired) electrons. The molecular weight excluding hydrogens is 222 g/mol. The minimum absolute atomic E-state index is 0.0900. The summed E-state index contributed by atoms with van der Waals surface area (Å²) in [7, 11) is 1.72. The highest BCUT2D eigenvalue weighted by molar-refractivity contribution is 7.07. The third-order valence-electron chi connectivity index (χ3n) is 2.30. The van der Waals surface area contributed by atoms with E-state index in [1.165, 1.54) is 10.1 Å². The van der Waals surface area contributed by atoms with Crippen molar-refractivity contribution < 1.29 is 0 Å². The van der Waals surface area contributed by atoms with E-state index in [0.29, 0.717) is 5.82 Å². The molecule has 16 heavy (non-hydrogen) atoms. The zero-order valence-electron chi connectivity index (χ0n) is 9.01. The van der Waals surface area contributed by atoms with Gasteiger partial charge in [-0.25, -0.2) is 4.98 Å². The van der Waals surface area contributed by atoms with Crippen LogP contribution in [0.5, 0.6) is 0 Å². The van der Waals surface area contributed by atoms with Crippen molar-refractivity contribution in [3.05, 3.63) is 45.1 Å². The van der Waals surface area contributed by atoms with Crippen molar-refractivity contribution in [2.45, 2.75) is 6.42 Å². The van der Waals surface area contributed by atoms with Gasteiger partial charge >= 0.3 is 0 Å². The van der Waals surface area contributed by atoms with E-state index in [1.54, 1.807) is 30.8 Å². The van der Waals surface area contributed by atoms with Gasteiger partial charge in [-0.1, -0.05) is 0 Å². The van der Waals surface area contributed by atoms with Gasteiger partial charge in [0, 0.05) is 26.0 Å².